The Morgan fingerprint density at radius 3 is 2.82 bits per heavy atom. The first kappa shape index (κ1) is 18.0. The van der Waals surface area contributed by atoms with E-state index in [1.165, 1.54) is 0 Å². The molecule has 0 bridgehead atoms. The average molecular weight is 394 g/mol. The van der Waals surface area contributed by atoms with Gasteiger partial charge in [0.2, 0.25) is 5.88 Å². The van der Waals surface area contributed by atoms with Crippen molar-refractivity contribution in [2.75, 3.05) is 5.73 Å². The van der Waals surface area contributed by atoms with Gasteiger partial charge in [-0.3, -0.25) is 0 Å². The molecule has 4 rings (SSSR count). The number of hydrogen-bond acceptors (Lipinski definition) is 6. The van der Waals surface area contributed by atoms with E-state index in [1.807, 2.05) is 25.1 Å². The van der Waals surface area contributed by atoms with Crippen LogP contribution in [-0.4, -0.2) is 10.2 Å². The standard InChI is InChI=1S/C21H16ClN3O3/c1-12-15-8-7-14(27-19-6-3-9-24-25-19)11-18(15)28-21(26)16(12)10-13-4-2-5-17(23)20(13)22/h2-9,11H,10,23H2,1H3. The number of aromatic nitrogens is 2. The predicted octanol–water partition coefficient (Wildman–Crippen LogP) is 4.51. The molecule has 0 spiro atoms. The Kier molecular flexibility index (Phi) is 4.71. The molecule has 140 valence electrons. The maximum absolute atomic E-state index is 12.6. The van der Waals surface area contributed by atoms with Gasteiger partial charge >= 0.3 is 5.63 Å². The maximum atomic E-state index is 12.6. The minimum atomic E-state index is -0.417. The zero-order chi connectivity index (χ0) is 19.7. The van der Waals surface area contributed by atoms with Gasteiger partial charge in [0.1, 0.15) is 11.3 Å². The third-order valence-electron chi connectivity index (χ3n) is 4.50. The number of nitrogens with two attached hydrogens (primary N) is 1. The number of benzene rings is 2. The molecule has 0 aliphatic carbocycles. The van der Waals surface area contributed by atoms with Crippen molar-refractivity contribution in [2.24, 2.45) is 0 Å². The fraction of sp³-hybridized carbons (Fsp3) is 0.0952. The molecule has 0 radical (unpaired) electrons. The highest BCUT2D eigenvalue weighted by atomic mass is 35.5. The number of hydrogen-bond donors (Lipinski definition) is 1. The molecule has 2 aromatic carbocycles. The molecule has 0 saturated heterocycles. The molecule has 4 aromatic rings. The smallest absolute Gasteiger partial charge is 0.340 e. The molecule has 2 heterocycles. The highest BCUT2D eigenvalue weighted by Gasteiger charge is 2.15. The molecule has 2 N–H and O–H groups in total. The van der Waals surface area contributed by atoms with Crippen molar-refractivity contribution in [1.82, 2.24) is 10.2 Å². The van der Waals surface area contributed by atoms with Gasteiger partial charge in [-0.25, -0.2) is 4.79 Å². The summed E-state index contributed by atoms with van der Waals surface area (Å²) in [4.78, 5) is 12.6. The van der Waals surface area contributed by atoms with Crippen LogP contribution >= 0.6 is 11.6 Å². The number of fused-ring (bicyclic) bond motifs is 1. The lowest BCUT2D eigenvalue weighted by Gasteiger charge is -2.11. The van der Waals surface area contributed by atoms with Crippen LogP contribution < -0.4 is 16.1 Å². The molecule has 0 aliphatic heterocycles. The molecule has 0 amide bonds. The summed E-state index contributed by atoms with van der Waals surface area (Å²) in [7, 11) is 0. The van der Waals surface area contributed by atoms with Crippen molar-refractivity contribution in [2.45, 2.75) is 13.3 Å². The van der Waals surface area contributed by atoms with E-state index in [0.29, 0.717) is 39.9 Å². The summed E-state index contributed by atoms with van der Waals surface area (Å²) in [6.07, 6.45) is 1.90. The third kappa shape index (κ3) is 3.42. The molecule has 7 heteroatoms. The quantitative estimate of drug-likeness (QED) is 0.405. The van der Waals surface area contributed by atoms with Gasteiger partial charge in [-0.05, 0) is 42.3 Å². The first-order valence-corrected chi connectivity index (χ1v) is 8.95. The summed E-state index contributed by atoms with van der Waals surface area (Å²) in [6.45, 7) is 1.89. The van der Waals surface area contributed by atoms with Crippen LogP contribution in [0.25, 0.3) is 11.0 Å². The average Bonchev–Trinajstić information content (AvgIpc) is 2.69. The monoisotopic (exact) mass is 393 g/mol. The van der Waals surface area contributed by atoms with Crippen LogP contribution in [0.4, 0.5) is 5.69 Å². The Morgan fingerprint density at radius 2 is 2.04 bits per heavy atom. The molecular formula is C21H16ClN3O3. The fourth-order valence-corrected chi connectivity index (χ4v) is 3.22. The van der Waals surface area contributed by atoms with E-state index in [0.717, 1.165) is 16.5 Å². The molecule has 28 heavy (non-hydrogen) atoms. The molecule has 6 nitrogen and oxygen atoms in total. The molecule has 0 fully saturated rings. The molecular weight excluding hydrogens is 378 g/mol. The van der Waals surface area contributed by atoms with Crippen LogP contribution in [0.15, 0.2) is 63.9 Å². The van der Waals surface area contributed by atoms with E-state index in [2.05, 4.69) is 10.2 Å². The number of halogens is 1. The molecule has 2 aromatic heterocycles. The van der Waals surface area contributed by atoms with Crippen molar-refractivity contribution < 1.29 is 9.15 Å². The summed E-state index contributed by atoms with van der Waals surface area (Å²) in [5.74, 6) is 0.857. The van der Waals surface area contributed by atoms with E-state index >= 15 is 0 Å². The van der Waals surface area contributed by atoms with E-state index in [-0.39, 0.29) is 0 Å². The van der Waals surface area contributed by atoms with Crippen molar-refractivity contribution in [3.05, 3.63) is 86.9 Å². The van der Waals surface area contributed by atoms with E-state index in [9.17, 15) is 4.79 Å². The first-order chi connectivity index (χ1) is 13.5. The predicted molar refractivity (Wildman–Crippen MR) is 108 cm³/mol. The van der Waals surface area contributed by atoms with Crippen LogP contribution in [-0.2, 0) is 6.42 Å². The number of ether oxygens (including phenoxy) is 1. The van der Waals surface area contributed by atoms with Crippen LogP contribution in [0.5, 0.6) is 11.6 Å². The highest BCUT2D eigenvalue weighted by molar-refractivity contribution is 6.33. The molecule has 0 saturated carbocycles. The molecule has 0 atom stereocenters. The van der Waals surface area contributed by atoms with Crippen molar-refractivity contribution >= 4 is 28.3 Å². The Labute approximate surface area is 165 Å². The van der Waals surface area contributed by atoms with E-state index in [4.69, 9.17) is 26.5 Å². The number of rotatable bonds is 4. The van der Waals surface area contributed by atoms with E-state index in [1.54, 1.807) is 36.5 Å². The molecule has 0 unspecified atom stereocenters. The summed E-state index contributed by atoms with van der Waals surface area (Å²) in [5, 5.41) is 8.92. The summed E-state index contributed by atoms with van der Waals surface area (Å²) in [5.41, 5.74) is 8.51. The van der Waals surface area contributed by atoms with Gasteiger partial charge in [0.15, 0.2) is 0 Å². The Morgan fingerprint density at radius 1 is 1.18 bits per heavy atom. The van der Waals surface area contributed by atoms with Gasteiger partial charge in [-0.2, -0.15) is 5.10 Å². The highest BCUT2D eigenvalue weighted by Crippen LogP contribution is 2.29. The van der Waals surface area contributed by atoms with Gasteiger partial charge < -0.3 is 14.9 Å². The summed E-state index contributed by atoms with van der Waals surface area (Å²) >= 11 is 6.28. The minimum absolute atomic E-state index is 0.339. The summed E-state index contributed by atoms with van der Waals surface area (Å²) in [6, 6.07) is 14.1. The first-order valence-electron chi connectivity index (χ1n) is 8.57. The van der Waals surface area contributed by atoms with Crippen molar-refractivity contribution in [1.29, 1.82) is 0 Å². The number of anilines is 1. The van der Waals surface area contributed by atoms with Crippen LogP contribution in [0.1, 0.15) is 16.7 Å². The normalized spacial score (nSPS) is 10.9. The third-order valence-corrected chi connectivity index (χ3v) is 4.97. The van der Waals surface area contributed by atoms with Crippen LogP contribution in [0, 0.1) is 6.92 Å². The second-order valence-corrected chi connectivity index (χ2v) is 6.69. The van der Waals surface area contributed by atoms with Gasteiger partial charge in [0.05, 0.1) is 10.7 Å². The van der Waals surface area contributed by atoms with Gasteiger partial charge in [-0.15, -0.1) is 5.10 Å². The molecule has 0 aliphatic rings. The van der Waals surface area contributed by atoms with Crippen LogP contribution in [0.3, 0.4) is 0 Å². The summed E-state index contributed by atoms with van der Waals surface area (Å²) < 4.78 is 11.2. The largest absolute Gasteiger partial charge is 0.437 e. The van der Waals surface area contributed by atoms with Crippen molar-refractivity contribution in [3.63, 3.8) is 0 Å². The van der Waals surface area contributed by atoms with E-state index < -0.39 is 5.63 Å². The Balaban J connectivity index is 1.73. The maximum Gasteiger partial charge on any atom is 0.340 e. The van der Waals surface area contributed by atoms with Gasteiger partial charge in [0, 0.05) is 35.7 Å². The number of aryl methyl sites for hydroxylation is 1. The SMILES string of the molecule is Cc1c(Cc2cccc(N)c2Cl)c(=O)oc2cc(Oc3cccnn3)ccc12. The lowest BCUT2D eigenvalue weighted by Crippen LogP contribution is -2.11. The Hall–Kier alpha value is -3.38. The topological polar surface area (TPSA) is 91.2 Å². The second kappa shape index (κ2) is 7.32. The van der Waals surface area contributed by atoms with Gasteiger partial charge in [0.25, 0.3) is 0 Å². The van der Waals surface area contributed by atoms with Crippen molar-refractivity contribution in [3.8, 4) is 11.6 Å². The number of nitrogens with zero attached hydrogens (tertiary/aromatic N) is 2. The van der Waals surface area contributed by atoms with Gasteiger partial charge in [-0.1, -0.05) is 23.7 Å². The zero-order valence-electron chi connectivity index (χ0n) is 15.0. The zero-order valence-corrected chi connectivity index (χ0v) is 15.7. The second-order valence-electron chi connectivity index (χ2n) is 6.31. The lowest BCUT2D eigenvalue weighted by molar-refractivity contribution is 0.453. The fourth-order valence-electron chi connectivity index (χ4n) is 3.03. The van der Waals surface area contributed by atoms with Crippen LogP contribution in [0.2, 0.25) is 5.02 Å². The number of nitrogen functional groups attached to an aromatic ring is 1. The lowest BCUT2D eigenvalue weighted by atomic mass is 9.99. The Bertz CT molecular complexity index is 1220. The minimum Gasteiger partial charge on any atom is -0.437 e.